The average molecular weight is 428 g/mol. The number of nitrogens with one attached hydrogen (secondary N) is 1. The van der Waals surface area contributed by atoms with Crippen LogP contribution in [0, 0.1) is 0 Å². The molecule has 1 aliphatic heterocycles. The second-order valence-electron chi connectivity index (χ2n) is 5.39. The van der Waals surface area contributed by atoms with Gasteiger partial charge in [-0.05, 0) is 66.5 Å². The second kappa shape index (κ2) is 9.22. The van der Waals surface area contributed by atoms with E-state index >= 15 is 0 Å². The fraction of sp³-hybridized carbons (Fsp3) is 0.600. The molecule has 0 bridgehead atoms. The molecule has 0 unspecified atom stereocenters. The highest BCUT2D eigenvalue weighted by Crippen LogP contribution is 2.31. The number of ether oxygens (including phenoxy) is 1. The van der Waals surface area contributed by atoms with Crippen LogP contribution in [0.3, 0.4) is 0 Å². The fourth-order valence-corrected chi connectivity index (χ4v) is 5.55. The lowest BCUT2D eigenvalue weighted by Gasteiger charge is -2.33. The zero-order valence-corrected chi connectivity index (χ0v) is 16.6. The Hall–Kier alpha value is -0.340. The Balaban J connectivity index is 0.00000264. The minimum Gasteiger partial charge on any atom is -0.497 e. The molecule has 1 heterocycles. The van der Waals surface area contributed by atoms with Gasteiger partial charge >= 0.3 is 0 Å². The molecule has 2 rings (SSSR count). The van der Waals surface area contributed by atoms with Crippen LogP contribution in [0.25, 0.3) is 0 Å². The Labute approximate surface area is 153 Å². The summed E-state index contributed by atoms with van der Waals surface area (Å²) in [5.74, 6) is 0.634. The molecule has 8 heteroatoms. The molecular formula is C15H24BrClN2O3S. The number of methoxy groups -OCH3 is 1. The maximum absolute atomic E-state index is 13.1. The molecule has 1 fully saturated rings. The third kappa shape index (κ3) is 4.82. The number of halogens is 2. The van der Waals surface area contributed by atoms with E-state index in [1.165, 1.54) is 0 Å². The predicted octanol–water partition coefficient (Wildman–Crippen LogP) is 3.03. The first kappa shape index (κ1) is 20.7. The Morgan fingerprint density at radius 1 is 1.35 bits per heavy atom. The van der Waals surface area contributed by atoms with Crippen molar-refractivity contribution in [1.82, 2.24) is 9.62 Å². The highest BCUT2D eigenvalue weighted by molar-refractivity contribution is 9.10. The maximum atomic E-state index is 13.1. The van der Waals surface area contributed by atoms with E-state index in [-0.39, 0.29) is 18.4 Å². The van der Waals surface area contributed by atoms with E-state index in [9.17, 15) is 8.42 Å². The zero-order valence-electron chi connectivity index (χ0n) is 13.4. The zero-order chi connectivity index (χ0) is 16.2. The highest BCUT2D eigenvalue weighted by Gasteiger charge is 2.32. The van der Waals surface area contributed by atoms with Gasteiger partial charge < -0.3 is 10.1 Å². The smallest absolute Gasteiger partial charge is 0.244 e. The highest BCUT2D eigenvalue weighted by atomic mass is 79.9. The molecule has 0 atom stereocenters. The average Bonchev–Trinajstić information content (AvgIpc) is 2.52. The van der Waals surface area contributed by atoms with Crippen LogP contribution in [0.1, 0.15) is 26.2 Å². The summed E-state index contributed by atoms with van der Waals surface area (Å²) in [6, 6.07) is 5.06. The molecule has 23 heavy (non-hydrogen) atoms. The fourth-order valence-electron chi connectivity index (χ4n) is 2.76. The lowest BCUT2D eigenvalue weighted by Crippen LogP contribution is -2.46. The Kier molecular flexibility index (Phi) is 8.30. The van der Waals surface area contributed by atoms with Crippen molar-refractivity contribution in [2.75, 3.05) is 26.7 Å². The van der Waals surface area contributed by atoms with E-state index in [1.807, 2.05) is 6.92 Å². The lowest BCUT2D eigenvalue weighted by atomic mass is 10.1. The van der Waals surface area contributed by atoms with Crippen molar-refractivity contribution < 1.29 is 13.2 Å². The lowest BCUT2D eigenvalue weighted by molar-refractivity contribution is 0.262. The molecule has 0 amide bonds. The third-order valence-corrected chi connectivity index (χ3v) is 6.81. The number of sulfonamides is 1. The van der Waals surface area contributed by atoms with E-state index in [4.69, 9.17) is 4.74 Å². The van der Waals surface area contributed by atoms with Crippen LogP contribution in [0.4, 0.5) is 0 Å². The van der Waals surface area contributed by atoms with Crippen LogP contribution in [-0.4, -0.2) is 45.5 Å². The van der Waals surface area contributed by atoms with Gasteiger partial charge in [0, 0.05) is 17.1 Å². The van der Waals surface area contributed by atoms with Crippen LogP contribution < -0.4 is 10.1 Å². The summed E-state index contributed by atoms with van der Waals surface area (Å²) in [4.78, 5) is 0.306. The second-order valence-corrected chi connectivity index (χ2v) is 8.11. The largest absolute Gasteiger partial charge is 0.497 e. The van der Waals surface area contributed by atoms with Gasteiger partial charge in [-0.25, -0.2) is 8.42 Å². The first-order valence-electron chi connectivity index (χ1n) is 7.56. The summed E-state index contributed by atoms with van der Waals surface area (Å²) in [5.41, 5.74) is 0. The molecule has 1 N–H and O–H groups in total. The Morgan fingerprint density at radius 3 is 2.52 bits per heavy atom. The normalized spacial score (nSPS) is 16.2. The summed E-state index contributed by atoms with van der Waals surface area (Å²) in [7, 11) is -1.95. The van der Waals surface area contributed by atoms with Crippen molar-refractivity contribution in [3.05, 3.63) is 22.7 Å². The van der Waals surface area contributed by atoms with Crippen LogP contribution in [0.2, 0.25) is 0 Å². The van der Waals surface area contributed by atoms with Crippen LogP contribution in [-0.2, 0) is 10.0 Å². The van der Waals surface area contributed by atoms with E-state index < -0.39 is 10.0 Å². The molecule has 0 saturated carbocycles. The monoisotopic (exact) mass is 426 g/mol. The first-order chi connectivity index (χ1) is 10.5. The van der Waals surface area contributed by atoms with Crippen molar-refractivity contribution in [2.24, 2.45) is 0 Å². The first-order valence-corrected chi connectivity index (χ1v) is 9.80. The predicted molar refractivity (Wildman–Crippen MR) is 98.0 cm³/mol. The summed E-state index contributed by atoms with van der Waals surface area (Å²) < 4.78 is 33.5. The van der Waals surface area contributed by atoms with E-state index in [2.05, 4.69) is 21.2 Å². The molecule has 1 saturated heterocycles. The quantitative estimate of drug-likeness (QED) is 0.758. The number of hydrogen-bond donors (Lipinski definition) is 1. The summed E-state index contributed by atoms with van der Waals surface area (Å²) in [5, 5.41) is 3.28. The number of rotatable bonds is 6. The van der Waals surface area contributed by atoms with Crippen LogP contribution >= 0.6 is 28.3 Å². The molecule has 132 valence electrons. The van der Waals surface area contributed by atoms with Gasteiger partial charge in [0.1, 0.15) is 5.75 Å². The van der Waals surface area contributed by atoms with Gasteiger partial charge in [0.2, 0.25) is 10.0 Å². The Morgan fingerprint density at radius 2 is 2.00 bits per heavy atom. The number of piperidine rings is 1. The van der Waals surface area contributed by atoms with Crippen LogP contribution in [0.15, 0.2) is 27.6 Å². The topological polar surface area (TPSA) is 58.6 Å². The van der Waals surface area contributed by atoms with Crippen molar-refractivity contribution in [1.29, 1.82) is 0 Å². The molecule has 0 spiro atoms. The molecule has 0 radical (unpaired) electrons. The van der Waals surface area contributed by atoms with Gasteiger partial charge in [-0.15, -0.1) is 12.4 Å². The SMILES string of the molecule is CCCN(C1CCNCC1)S(=O)(=O)c1ccc(OC)cc1Br.Cl. The minimum absolute atomic E-state index is 0. The van der Waals surface area contributed by atoms with Crippen molar-refractivity contribution in [2.45, 2.75) is 37.1 Å². The molecule has 5 nitrogen and oxygen atoms in total. The molecule has 0 aromatic heterocycles. The summed E-state index contributed by atoms with van der Waals surface area (Å²) in [6.45, 7) is 4.28. The van der Waals surface area contributed by atoms with E-state index in [0.717, 1.165) is 32.4 Å². The van der Waals surface area contributed by atoms with Gasteiger partial charge in [0.15, 0.2) is 0 Å². The van der Waals surface area contributed by atoms with E-state index in [1.54, 1.807) is 29.6 Å². The van der Waals surface area contributed by atoms with Gasteiger partial charge in [-0.2, -0.15) is 4.31 Å². The molecule has 1 aliphatic rings. The van der Waals surface area contributed by atoms with Gasteiger partial charge in [0.25, 0.3) is 0 Å². The summed E-state index contributed by atoms with van der Waals surface area (Å²) in [6.07, 6.45) is 2.51. The molecule has 1 aromatic carbocycles. The number of nitrogens with zero attached hydrogens (tertiary/aromatic N) is 1. The van der Waals surface area contributed by atoms with Gasteiger partial charge in [-0.3, -0.25) is 0 Å². The molecular weight excluding hydrogens is 404 g/mol. The molecule has 0 aliphatic carbocycles. The van der Waals surface area contributed by atoms with Crippen molar-refractivity contribution in [3.8, 4) is 5.75 Å². The molecule has 1 aromatic rings. The van der Waals surface area contributed by atoms with Crippen molar-refractivity contribution in [3.63, 3.8) is 0 Å². The van der Waals surface area contributed by atoms with Crippen LogP contribution in [0.5, 0.6) is 5.75 Å². The standard InChI is InChI=1S/C15H23BrN2O3S.ClH/c1-3-10-18(12-6-8-17-9-7-12)22(19,20)15-5-4-13(21-2)11-14(15)16;/h4-5,11-12,17H,3,6-10H2,1-2H3;1H. The van der Waals surface area contributed by atoms with Crippen molar-refractivity contribution >= 4 is 38.4 Å². The van der Waals surface area contributed by atoms with Gasteiger partial charge in [0.05, 0.1) is 12.0 Å². The maximum Gasteiger partial charge on any atom is 0.244 e. The number of hydrogen-bond acceptors (Lipinski definition) is 4. The third-order valence-electron chi connectivity index (χ3n) is 3.89. The number of benzene rings is 1. The minimum atomic E-state index is -3.52. The summed E-state index contributed by atoms with van der Waals surface area (Å²) >= 11 is 3.37. The Bertz CT molecular complexity index is 607. The van der Waals surface area contributed by atoms with E-state index in [0.29, 0.717) is 21.7 Å². The van der Waals surface area contributed by atoms with Gasteiger partial charge in [-0.1, -0.05) is 6.92 Å².